The minimum absolute atomic E-state index is 0.00317. The van der Waals surface area contributed by atoms with Crippen molar-refractivity contribution in [1.82, 2.24) is 9.80 Å². The van der Waals surface area contributed by atoms with Gasteiger partial charge in [0.05, 0.1) is 50.0 Å². The smallest absolute Gasteiger partial charge is 0.308 e. The summed E-state index contributed by atoms with van der Waals surface area (Å²) in [5.74, 6) is -0.0226. The quantitative estimate of drug-likeness (QED) is 0.0977. The molecular formula is C33H60B4N2O3. The van der Waals surface area contributed by atoms with Gasteiger partial charge in [-0.2, -0.15) is 0 Å². The summed E-state index contributed by atoms with van der Waals surface area (Å²) in [6.07, 6.45) is 19.2. The largest absolute Gasteiger partial charge is 0.464 e. The Morgan fingerprint density at radius 3 is 1.71 bits per heavy atom. The fourth-order valence-electron chi connectivity index (χ4n) is 7.41. The number of hydrogen-bond donors (Lipinski definition) is 0. The molecule has 1 atom stereocenters. The van der Waals surface area contributed by atoms with Gasteiger partial charge in [0.25, 0.3) is 0 Å². The molecule has 1 unspecified atom stereocenters. The molecule has 1 spiro atoms. The van der Waals surface area contributed by atoms with Crippen molar-refractivity contribution in [2.75, 3.05) is 40.0 Å². The van der Waals surface area contributed by atoms with Gasteiger partial charge in [-0.05, 0) is 70.0 Å². The van der Waals surface area contributed by atoms with Crippen LogP contribution in [0.15, 0.2) is 0 Å². The van der Waals surface area contributed by atoms with Crippen molar-refractivity contribution >= 4 is 37.4 Å². The number of nitrogens with zero attached hydrogens (tertiary/aromatic N) is 2. The summed E-state index contributed by atoms with van der Waals surface area (Å²) in [6, 6.07) is 0.0247. The fourth-order valence-corrected chi connectivity index (χ4v) is 7.41. The van der Waals surface area contributed by atoms with Crippen molar-refractivity contribution < 1.29 is 14.3 Å². The summed E-state index contributed by atoms with van der Waals surface area (Å²) in [7, 11) is 28.4. The molecule has 2 heterocycles. The molecule has 0 bridgehead atoms. The molecule has 0 aliphatic carbocycles. The van der Waals surface area contributed by atoms with Crippen molar-refractivity contribution in [3.63, 3.8) is 0 Å². The first kappa shape index (κ1) is 37.8. The van der Waals surface area contributed by atoms with Gasteiger partial charge >= 0.3 is 5.97 Å². The topological polar surface area (TPSA) is 42.0 Å². The molecule has 0 aromatic heterocycles. The molecule has 0 aromatic rings. The maximum Gasteiger partial charge on any atom is 0.308 e. The predicted molar refractivity (Wildman–Crippen MR) is 179 cm³/mol. The van der Waals surface area contributed by atoms with E-state index in [9.17, 15) is 4.79 Å². The summed E-state index contributed by atoms with van der Waals surface area (Å²) in [5, 5.41) is -2.05. The standard InChI is InChI=1S/C33H60B4N2O3/c1-5-8-11-13-15-17-28(18-16-14-12-9-6-2)30(40)42-25-29(24-41-4)38-22-19-31(20-23-38)26-32(34,35)39(21-10-7-3)33(36,37)27-31/h28-29H,5-27H2,1-4H3. The number of piperidine rings is 2. The van der Waals surface area contributed by atoms with Crippen LogP contribution in [0.2, 0.25) is 0 Å². The van der Waals surface area contributed by atoms with E-state index in [1.54, 1.807) is 7.11 Å². The summed E-state index contributed by atoms with van der Waals surface area (Å²) in [4.78, 5) is 17.6. The van der Waals surface area contributed by atoms with Gasteiger partial charge in [-0.25, -0.2) is 0 Å². The molecule has 8 radical (unpaired) electrons. The number of esters is 1. The molecule has 232 valence electrons. The van der Waals surface area contributed by atoms with E-state index in [2.05, 4.69) is 25.7 Å². The SMILES string of the molecule is [B]C1([B])CC2(CCN(C(COC)COC(=O)C(CCCCCCC)CCCCCCC)CC2)CC([B])([B])N1CCCC. The van der Waals surface area contributed by atoms with Gasteiger partial charge in [0.2, 0.25) is 0 Å². The molecule has 2 rings (SSSR count). The van der Waals surface area contributed by atoms with E-state index in [1.165, 1.54) is 51.4 Å². The highest BCUT2D eigenvalue weighted by atomic mass is 16.5. The second-order valence-corrected chi connectivity index (χ2v) is 13.7. The number of rotatable bonds is 21. The Morgan fingerprint density at radius 1 is 0.738 bits per heavy atom. The Labute approximate surface area is 265 Å². The van der Waals surface area contributed by atoms with E-state index in [0.717, 1.165) is 64.5 Å². The Morgan fingerprint density at radius 2 is 1.24 bits per heavy atom. The van der Waals surface area contributed by atoms with Crippen LogP contribution in [0, 0.1) is 11.3 Å². The van der Waals surface area contributed by atoms with Crippen LogP contribution in [0.25, 0.3) is 0 Å². The maximum absolute atomic E-state index is 13.3. The van der Waals surface area contributed by atoms with Gasteiger partial charge in [0.1, 0.15) is 6.61 Å². The first-order valence-corrected chi connectivity index (χ1v) is 17.4. The van der Waals surface area contributed by atoms with E-state index < -0.39 is 10.7 Å². The van der Waals surface area contributed by atoms with Crippen LogP contribution in [0.5, 0.6) is 0 Å². The number of hydrogen-bond acceptors (Lipinski definition) is 5. The number of carbonyl (C=O) groups excluding carboxylic acids is 1. The second kappa shape index (κ2) is 19.2. The highest BCUT2D eigenvalue weighted by Crippen LogP contribution is 2.50. The molecule has 2 saturated heterocycles. The molecule has 0 amide bonds. The zero-order valence-corrected chi connectivity index (χ0v) is 27.8. The lowest BCUT2D eigenvalue weighted by molar-refractivity contribution is -0.152. The van der Waals surface area contributed by atoms with Gasteiger partial charge in [0.15, 0.2) is 0 Å². The lowest BCUT2D eigenvalue weighted by Crippen LogP contribution is -2.70. The third-order valence-electron chi connectivity index (χ3n) is 9.85. The normalized spacial score (nSPS) is 21.1. The van der Waals surface area contributed by atoms with Crippen LogP contribution < -0.4 is 0 Å². The van der Waals surface area contributed by atoms with Crippen molar-refractivity contribution in [3.05, 3.63) is 0 Å². The summed E-state index contributed by atoms with van der Waals surface area (Å²) in [5.41, 5.74) is -0.0961. The third-order valence-corrected chi connectivity index (χ3v) is 9.85. The van der Waals surface area contributed by atoms with E-state index in [0.29, 0.717) is 32.6 Å². The van der Waals surface area contributed by atoms with Crippen molar-refractivity contribution in [2.45, 2.75) is 153 Å². The van der Waals surface area contributed by atoms with Gasteiger partial charge in [-0.1, -0.05) is 102 Å². The van der Waals surface area contributed by atoms with Crippen molar-refractivity contribution in [1.29, 1.82) is 0 Å². The second-order valence-electron chi connectivity index (χ2n) is 13.7. The molecule has 0 aromatic carbocycles. The van der Waals surface area contributed by atoms with Crippen LogP contribution >= 0.6 is 0 Å². The maximum atomic E-state index is 13.3. The minimum Gasteiger partial charge on any atom is -0.464 e. The number of likely N-dealkylation sites (tertiary alicyclic amines) is 2. The number of unbranched alkanes of at least 4 members (excludes halogenated alkanes) is 9. The van der Waals surface area contributed by atoms with Crippen molar-refractivity contribution in [2.24, 2.45) is 11.3 Å². The third kappa shape index (κ3) is 12.2. The van der Waals surface area contributed by atoms with Crippen LogP contribution in [0.3, 0.4) is 0 Å². The van der Waals surface area contributed by atoms with Gasteiger partial charge in [0, 0.05) is 7.11 Å². The molecule has 42 heavy (non-hydrogen) atoms. The number of ether oxygens (including phenoxy) is 2. The predicted octanol–water partition coefficient (Wildman–Crippen LogP) is 5.84. The summed E-state index contributed by atoms with van der Waals surface area (Å²) in [6.45, 7) is 9.91. The highest BCUT2D eigenvalue weighted by Gasteiger charge is 2.51. The molecule has 2 aliphatic heterocycles. The van der Waals surface area contributed by atoms with E-state index in [4.69, 9.17) is 40.9 Å². The molecule has 9 heteroatoms. The lowest BCUT2D eigenvalue weighted by atomic mass is 9.40. The van der Waals surface area contributed by atoms with Crippen molar-refractivity contribution in [3.8, 4) is 0 Å². The Balaban J connectivity index is 1.95. The molecule has 0 saturated carbocycles. The molecule has 2 aliphatic rings. The van der Waals surface area contributed by atoms with Crippen LogP contribution in [-0.4, -0.2) is 104 Å². The summed E-state index contributed by atoms with van der Waals surface area (Å²) >= 11 is 0. The fraction of sp³-hybridized carbons (Fsp3) is 0.970. The summed E-state index contributed by atoms with van der Waals surface area (Å²) < 4.78 is 11.6. The molecule has 0 N–H and O–H groups in total. The van der Waals surface area contributed by atoms with Crippen LogP contribution in [0.1, 0.15) is 136 Å². The Kier molecular flexibility index (Phi) is 17.3. The Hall–Kier alpha value is -0.390. The minimum atomic E-state index is -1.03. The zero-order valence-electron chi connectivity index (χ0n) is 27.8. The van der Waals surface area contributed by atoms with Crippen LogP contribution in [-0.2, 0) is 14.3 Å². The Bertz CT molecular complexity index is 713. The number of carbonyl (C=O) groups is 1. The zero-order chi connectivity index (χ0) is 31.1. The first-order chi connectivity index (χ1) is 20.0. The van der Waals surface area contributed by atoms with Crippen LogP contribution in [0.4, 0.5) is 0 Å². The average Bonchev–Trinajstić information content (AvgIpc) is 2.93. The van der Waals surface area contributed by atoms with Gasteiger partial charge < -0.3 is 14.4 Å². The van der Waals surface area contributed by atoms with Gasteiger partial charge in [-0.15, -0.1) is 0 Å². The average molecular weight is 576 g/mol. The molecule has 5 nitrogen and oxygen atoms in total. The highest BCUT2D eigenvalue weighted by molar-refractivity contribution is 6.44. The van der Waals surface area contributed by atoms with Gasteiger partial charge in [-0.3, -0.25) is 9.69 Å². The molecule has 2 fully saturated rings. The molecular weight excluding hydrogens is 516 g/mol. The van der Waals surface area contributed by atoms with E-state index >= 15 is 0 Å². The van der Waals surface area contributed by atoms with E-state index in [-0.39, 0.29) is 23.3 Å². The lowest BCUT2D eigenvalue weighted by Gasteiger charge is -2.63. The van der Waals surface area contributed by atoms with E-state index in [1.807, 2.05) is 4.90 Å². The first-order valence-electron chi connectivity index (χ1n) is 17.4. The monoisotopic (exact) mass is 576 g/mol. The number of methoxy groups -OCH3 is 1.